The number of carbonyl (C=O) groups is 1. The molecule has 6 N–H and O–H groups in total. The standard InChI is InChI=1S/C15H18N2O7P2/c18-15(16-13(25(19,20)21)11-7-3-1-4-8-11)17-14(26(22,23)24)12-9-5-2-6-10-12/h1-10,13-14H,(H2,16,17,18)(H2,19,20,21)(H2,22,23,24). The number of hydrogen-bond acceptors (Lipinski definition) is 3. The zero-order valence-corrected chi connectivity index (χ0v) is 15.1. The summed E-state index contributed by atoms with van der Waals surface area (Å²) in [5.41, 5.74) is 0.312. The number of benzene rings is 2. The molecule has 0 aromatic heterocycles. The van der Waals surface area contributed by atoms with Crippen LogP contribution < -0.4 is 10.6 Å². The highest BCUT2D eigenvalue weighted by molar-refractivity contribution is 7.52. The highest BCUT2D eigenvalue weighted by atomic mass is 31.2. The number of nitrogens with one attached hydrogen (secondary N) is 2. The third-order valence-corrected chi connectivity index (χ3v) is 5.64. The molecular formula is C15H18N2O7P2. The van der Waals surface area contributed by atoms with E-state index in [1.165, 1.54) is 24.3 Å². The first-order valence-corrected chi connectivity index (χ1v) is 10.7. The zero-order valence-electron chi connectivity index (χ0n) is 13.3. The molecule has 0 heterocycles. The van der Waals surface area contributed by atoms with Crippen LogP contribution in [-0.4, -0.2) is 25.6 Å². The van der Waals surface area contributed by atoms with Crippen molar-refractivity contribution in [1.82, 2.24) is 10.6 Å². The van der Waals surface area contributed by atoms with Crippen LogP contribution in [0.5, 0.6) is 0 Å². The van der Waals surface area contributed by atoms with Crippen molar-refractivity contribution < 1.29 is 33.5 Å². The Hall–Kier alpha value is -1.99. The third-order valence-electron chi connectivity index (χ3n) is 3.44. The quantitative estimate of drug-likeness (QED) is 0.405. The van der Waals surface area contributed by atoms with Gasteiger partial charge < -0.3 is 30.2 Å². The Balaban J connectivity index is 2.23. The average Bonchev–Trinajstić information content (AvgIpc) is 2.57. The fraction of sp³-hybridized carbons (Fsp3) is 0.133. The maximum atomic E-state index is 12.2. The molecule has 0 radical (unpaired) electrons. The van der Waals surface area contributed by atoms with E-state index in [1.54, 1.807) is 36.4 Å². The van der Waals surface area contributed by atoms with Crippen LogP contribution in [0.25, 0.3) is 0 Å². The van der Waals surface area contributed by atoms with Crippen LogP contribution in [0.15, 0.2) is 60.7 Å². The largest absolute Gasteiger partial charge is 0.352 e. The van der Waals surface area contributed by atoms with Crippen LogP contribution in [0.3, 0.4) is 0 Å². The summed E-state index contributed by atoms with van der Waals surface area (Å²) in [5, 5.41) is 4.18. The van der Waals surface area contributed by atoms with Gasteiger partial charge in [0.1, 0.15) is 0 Å². The van der Waals surface area contributed by atoms with Gasteiger partial charge in [-0.05, 0) is 11.1 Å². The van der Waals surface area contributed by atoms with Gasteiger partial charge in [0.05, 0.1) is 0 Å². The van der Waals surface area contributed by atoms with Crippen LogP contribution in [0.4, 0.5) is 4.79 Å². The molecule has 2 aromatic rings. The van der Waals surface area contributed by atoms with E-state index >= 15 is 0 Å². The predicted octanol–water partition coefficient (Wildman–Crippen LogP) is 2.04. The second kappa shape index (κ2) is 8.14. The van der Waals surface area contributed by atoms with Crippen LogP contribution in [-0.2, 0) is 9.13 Å². The molecule has 140 valence electrons. The molecule has 0 saturated carbocycles. The molecule has 0 aliphatic rings. The third kappa shape index (κ3) is 5.51. The van der Waals surface area contributed by atoms with Gasteiger partial charge in [-0.3, -0.25) is 9.13 Å². The van der Waals surface area contributed by atoms with Crippen molar-refractivity contribution in [3.63, 3.8) is 0 Å². The van der Waals surface area contributed by atoms with Gasteiger partial charge in [0.2, 0.25) is 0 Å². The highest BCUT2D eigenvalue weighted by Crippen LogP contribution is 2.51. The molecular weight excluding hydrogens is 382 g/mol. The van der Waals surface area contributed by atoms with Gasteiger partial charge in [-0.2, -0.15) is 0 Å². The van der Waals surface area contributed by atoms with Gasteiger partial charge in [-0.1, -0.05) is 60.7 Å². The smallest absolute Gasteiger partial charge is 0.323 e. The summed E-state index contributed by atoms with van der Waals surface area (Å²) in [7, 11) is -9.55. The molecule has 11 heteroatoms. The summed E-state index contributed by atoms with van der Waals surface area (Å²) < 4.78 is 23.4. The zero-order chi connectivity index (χ0) is 19.4. The van der Waals surface area contributed by atoms with Crippen molar-refractivity contribution in [2.75, 3.05) is 0 Å². The molecule has 0 aliphatic heterocycles. The minimum Gasteiger partial charge on any atom is -0.323 e. The van der Waals surface area contributed by atoms with E-state index in [0.717, 1.165) is 0 Å². The summed E-state index contributed by atoms with van der Waals surface area (Å²) in [6.07, 6.45) is 0. The van der Waals surface area contributed by atoms with E-state index in [1.807, 2.05) is 0 Å². The van der Waals surface area contributed by atoms with Crippen LogP contribution in [0.1, 0.15) is 22.7 Å². The molecule has 2 unspecified atom stereocenters. The molecule has 2 rings (SSSR count). The van der Waals surface area contributed by atoms with Crippen LogP contribution in [0.2, 0.25) is 0 Å². The maximum Gasteiger partial charge on any atom is 0.352 e. The van der Waals surface area contributed by atoms with Crippen LogP contribution >= 0.6 is 15.2 Å². The lowest BCUT2D eigenvalue weighted by molar-refractivity contribution is 0.234. The maximum absolute atomic E-state index is 12.2. The Morgan fingerprint density at radius 3 is 1.27 bits per heavy atom. The van der Waals surface area contributed by atoms with E-state index in [-0.39, 0.29) is 11.1 Å². The molecule has 26 heavy (non-hydrogen) atoms. The first-order valence-electron chi connectivity index (χ1n) is 7.36. The SMILES string of the molecule is O=C(NC(c1ccccc1)P(=O)(O)O)NC(c1ccccc1)P(=O)(O)O. The minimum atomic E-state index is -4.77. The Labute approximate surface area is 149 Å². The average molecular weight is 400 g/mol. The van der Waals surface area contributed by atoms with Gasteiger partial charge in [0, 0.05) is 0 Å². The summed E-state index contributed by atoms with van der Waals surface area (Å²) in [4.78, 5) is 50.2. The van der Waals surface area contributed by atoms with Crippen molar-refractivity contribution in [3.8, 4) is 0 Å². The second-order valence-corrected chi connectivity index (χ2v) is 8.81. The van der Waals surface area contributed by atoms with Crippen molar-refractivity contribution in [2.24, 2.45) is 0 Å². The van der Waals surface area contributed by atoms with Gasteiger partial charge in [-0.15, -0.1) is 0 Å². The Morgan fingerprint density at radius 2 is 1.00 bits per heavy atom. The topological polar surface area (TPSA) is 156 Å². The predicted molar refractivity (Wildman–Crippen MR) is 94.1 cm³/mol. The molecule has 2 amide bonds. The van der Waals surface area contributed by atoms with Crippen molar-refractivity contribution in [1.29, 1.82) is 0 Å². The van der Waals surface area contributed by atoms with E-state index in [0.29, 0.717) is 0 Å². The van der Waals surface area contributed by atoms with E-state index < -0.39 is 32.8 Å². The minimum absolute atomic E-state index is 0.156. The Morgan fingerprint density at radius 1 is 0.692 bits per heavy atom. The molecule has 0 bridgehead atoms. The molecule has 0 fully saturated rings. The monoisotopic (exact) mass is 400 g/mol. The Kier molecular flexibility index (Phi) is 6.36. The van der Waals surface area contributed by atoms with Crippen molar-refractivity contribution in [3.05, 3.63) is 71.8 Å². The fourth-order valence-corrected chi connectivity index (χ4v) is 3.98. The summed E-state index contributed by atoms with van der Waals surface area (Å²) in [5.74, 6) is -3.31. The number of hydrogen-bond donors (Lipinski definition) is 6. The molecule has 9 nitrogen and oxygen atoms in total. The highest BCUT2D eigenvalue weighted by Gasteiger charge is 2.35. The number of carbonyl (C=O) groups excluding carboxylic acids is 1. The molecule has 0 saturated heterocycles. The van der Waals surface area contributed by atoms with E-state index in [2.05, 4.69) is 10.6 Å². The lowest BCUT2D eigenvalue weighted by Gasteiger charge is -2.24. The second-order valence-electron chi connectivity index (χ2n) is 5.42. The lowest BCUT2D eigenvalue weighted by Crippen LogP contribution is -2.40. The van der Waals surface area contributed by atoms with Crippen molar-refractivity contribution in [2.45, 2.75) is 11.6 Å². The van der Waals surface area contributed by atoms with E-state index in [4.69, 9.17) is 0 Å². The number of amides is 2. The first-order chi connectivity index (χ1) is 12.1. The fourth-order valence-electron chi connectivity index (χ4n) is 2.28. The molecule has 2 atom stereocenters. The summed E-state index contributed by atoms with van der Waals surface area (Å²) in [6, 6.07) is 14.0. The molecule has 2 aromatic carbocycles. The number of rotatable bonds is 6. The first kappa shape index (κ1) is 20.3. The normalized spacial score (nSPS) is 14.3. The molecule has 0 spiro atoms. The molecule has 0 aliphatic carbocycles. The summed E-state index contributed by atoms with van der Waals surface area (Å²) >= 11 is 0. The summed E-state index contributed by atoms with van der Waals surface area (Å²) in [6.45, 7) is 0. The van der Waals surface area contributed by atoms with E-state index in [9.17, 15) is 33.5 Å². The lowest BCUT2D eigenvalue weighted by atomic mass is 10.2. The van der Waals surface area contributed by atoms with Crippen LogP contribution in [0, 0.1) is 0 Å². The van der Waals surface area contributed by atoms with Gasteiger partial charge in [0.25, 0.3) is 0 Å². The van der Waals surface area contributed by atoms with Gasteiger partial charge in [-0.25, -0.2) is 4.79 Å². The Bertz CT molecular complexity index is 766. The van der Waals surface area contributed by atoms with Gasteiger partial charge in [0.15, 0.2) is 11.6 Å². The number of urea groups is 1. The van der Waals surface area contributed by atoms with Gasteiger partial charge >= 0.3 is 21.2 Å². The van der Waals surface area contributed by atoms with Crippen molar-refractivity contribution >= 4 is 21.2 Å².